The highest BCUT2D eigenvalue weighted by Gasteiger charge is 1.90. The molecule has 1 aromatic rings. The third kappa shape index (κ3) is 30.2. The first-order valence-corrected chi connectivity index (χ1v) is 8.05. The van der Waals surface area contributed by atoms with Crippen LogP contribution < -0.4 is 5.73 Å². The van der Waals surface area contributed by atoms with Crippen molar-refractivity contribution < 1.29 is 4.79 Å². The van der Waals surface area contributed by atoms with Gasteiger partial charge in [-0.2, -0.15) is 0 Å². The molecule has 0 fully saturated rings. The molecule has 0 saturated carbocycles. The van der Waals surface area contributed by atoms with E-state index in [-0.39, 0.29) is 5.91 Å². The zero-order chi connectivity index (χ0) is 16.2. The Morgan fingerprint density at radius 1 is 1.05 bits per heavy atom. The van der Waals surface area contributed by atoms with Crippen LogP contribution in [-0.2, 0) is 4.79 Å². The number of carbonyl (C=O) groups is 1. The van der Waals surface area contributed by atoms with Crippen molar-refractivity contribution in [3.63, 3.8) is 0 Å². The molecule has 0 spiro atoms. The van der Waals surface area contributed by atoms with E-state index in [4.69, 9.17) is 5.73 Å². The van der Waals surface area contributed by atoms with Gasteiger partial charge in [-0.05, 0) is 18.6 Å². The SMILES string of the molecule is CC.CCC.CCCCCC(N)=O.Sc1ccccc1. The van der Waals surface area contributed by atoms with E-state index in [0.717, 1.165) is 24.2 Å². The molecule has 20 heavy (non-hydrogen) atoms. The Kier molecular flexibility index (Phi) is 27.9. The second-order valence-corrected chi connectivity index (χ2v) is 4.48. The van der Waals surface area contributed by atoms with E-state index in [2.05, 4.69) is 33.4 Å². The van der Waals surface area contributed by atoms with Gasteiger partial charge in [0.05, 0.1) is 0 Å². The van der Waals surface area contributed by atoms with Crippen LogP contribution in [0.2, 0.25) is 0 Å². The Morgan fingerprint density at radius 3 is 1.75 bits per heavy atom. The molecule has 0 aliphatic rings. The van der Waals surface area contributed by atoms with Gasteiger partial charge in [0.25, 0.3) is 0 Å². The Morgan fingerprint density at radius 2 is 1.50 bits per heavy atom. The van der Waals surface area contributed by atoms with E-state index in [1.807, 2.05) is 44.2 Å². The summed E-state index contributed by atoms with van der Waals surface area (Å²) in [7, 11) is 0. The van der Waals surface area contributed by atoms with Crippen LogP contribution in [0.3, 0.4) is 0 Å². The van der Waals surface area contributed by atoms with Crippen LogP contribution in [-0.4, -0.2) is 5.91 Å². The van der Waals surface area contributed by atoms with Crippen LogP contribution >= 0.6 is 12.6 Å². The highest BCUT2D eigenvalue weighted by molar-refractivity contribution is 7.80. The van der Waals surface area contributed by atoms with Crippen molar-refractivity contribution >= 4 is 18.5 Å². The van der Waals surface area contributed by atoms with Crippen LogP contribution in [0.25, 0.3) is 0 Å². The van der Waals surface area contributed by atoms with Gasteiger partial charge >= 0.3 is 0 Å². The first-order chi connectivity index (χ1) is 9.58. The maximum atomic E-state index is 10.1. The van der Waals surface area contributed by atoms with Gasteiger partial charge < -0.3 is 5.73 Å². The third-order valence-electron chi connectivity index (χ3n) is 1.78. The van der Waals surface area contributed by atoms with E-state index < -0.39 is 0 Å². The van der Waals surface area contributed by atoms with Gasteiger partial charge in [-0.15, -0.1) is 12.6 Å². The summed E-state index contributed by atoms with van der Waals surface area (Å²) in [5.74, 6) is -0.182. The van der Waals surface area contributed by atoms with Crippen molar-refractivity contribution in [1.29, 1.82) is 0 Å². The van der Waals surface area contributed by atoms with Crippen molar-refractivity contribution in [2.75, 3.05) is 0 Å². The van der Waals surface area contributed by atoms with Gasteiger partial charge in [-0.25, -0.2) is 0 Å². The van der Waals surface area contributed by atoms with Crippen molar-refractivity contribution in [3.05, 3.63) is 30.3 Å². The lowest BCUT2D eigenvalue weighted by molar-refractivity contribution is -0.118. The Hall–Kier alpha value is -0.960. The molecular formula is C17H33NOS. The predicted octanol–water partition coefficient (Wildman–Crippen LogP) is 5.47. The van der Waals surface area contributed by atoms with Gasteiger partial charge in [-0.1, -0.05) is 72.1 Å². The molecule has 1 amide bonds. The van der Waals surface area contributed by atoms with E-state index >= 15 is 0 Å². The van der Waals surface area contributed by atoms with Crippen molar-refractivity contribution in [1.82, 2.24) is 0 Å². The van der Waals surface area contributed by atoms with E-state index in [0.29, 0.717) is 6.42 Å². The quantitative estimate of drug-likeness (QED) is 0.562. The predicted molar refractivity (Wildman–Crippen MR) is 94.3 cm³/mol. The van der Waals surface area contributed by atoms with Crippen LogP contribution in [0.1, 0.15) is 66.7 Å². The van der Waals surface area contributed by atoms with Gasteiger partial charge in [0, 0.05) is 11.3 Å². The number of unbranched alkanes of at least 4 members (excludes halogenated alkanes) is 2. The Balaban J connectivity index is -0.000000220. The lowest BCUT2D eigenvalue weighted by Gasteiger charge is -1.90. The number of amides is 1. The molecule has 118 valence electrons. The van der Waals surface area contributed by atoms with Crippen molar-refractivity contribution in [2.24, 2.45) is 5.73 Å². The maximum Gasteiger partial charge on any atom is 0.217 e. The number of hydrogen-bond donors (Lipinski definition) is 2. The van der Waals surface area contributed by atoms with Crippen molar-refractivity contribution in [3.8, 4) is 0 Å². The number of rotatable bonds is 4. The summed E-state index contributed by atoms with van der Waals surface area (Å²) in [5, 5.41) is 0. The average molecular weight is 300 g/mol. The summed E-state index contributed by atoms with van der Waals surface area (Å²) in [6.07, 6.45) is 5.01. The van der Waals surface area contributed by atoms with Gasteiger partial charge in [0.15, 0.2) is 0 Å². The number of carbonyl (C=O) groups excluding carboxylic acids is 1. The standard InChI is InChI=1S/C6H13NO.C6H6S.C3H8.C2H6/c1-2-3-4-5-6(7)8;7-6-4-2-1-3-5-6;1-3-2;1-2/h2-5H2,1H3,(H2,7,8);1-5,7H;3H2,1-2H3;1-2H3. The van der Waals surface area contributed by atoms with E-state index in [1.165, 1.54) is 6.42 Å². The summed E-state index contributed by atoms with van der Waals surface area (Å²) in [6, 6.07) is 9.79. The van der Waals surface area contributed by atoms with E-state index in [9.17, 15) is 4.79 Å². The molecule has 0 bridgehead atoms. The highest BCUT2D eigenvalue weighted by atomic mass is 32.1. The first-order valence-electron chi connectivity index (χ1n) is 7.60. The number of nitrogens with two attached hydrogens (primary N) is 1. The number of primary amides is 1. The second kappa shape index (κ2) is 23.2. The molecule has 0 atom stereocenters. The zero-order valence-corrected chi connectivity index (χ0v) is 14.7. The number of thiol groups is 1. The number of benzene rings is 1. The second-order valence-electron chi connectivity index (χ2n) is 3.97. The normalized spacial score (nSPS) is 7.90. The zero-order valence-electron chi connectivity index (χ0n) is 13.9. The monoisotopic (exact) mass is 299 g/mol. The summed E-state index contributed by atoms with van der Waals surface area (Å²) < 4.78 is 0. The smallest absolute Gasteiger partial charge is 0.217 e. The summed E-state index contributed by atoms with van der Waals surface area (Å²) in [5.41, 5.74) is 4.89. The van der Waals surface area contributed by atoms with Gasteiger partial charge in [0.1, 0.15) is 0 Å². The molecule has 3 heteroatoms. The lowest BCUT2D eigenvalue weighted by atomic mass is 10.2. The minimum absolute atomic E-state index is 0.182. The molecule has 1 rings (SSSR count). The lowest BCUT2D eigenvalue weighted by Crippen LogP contribution is -2.09. The van der Waals surface area contributed by atoms with Gasteiger partial charge in [-0.3, -0.25) is 4.79 Å². The van der Waals surface area contributed by atoms with Crippen molar-refractivity contribution in [2.45, 2.75) is 71.6 Å². The molecule has 0 aliphatic heterocycles. The highest BCUT2D eigenvalue weighted by Crippen LogP contribution is 2.00. The third-order valence-corrected chi connectivity index (χ3v) is 2.08. The maximum absolute atomic E-state index is 10.1. The molecule has 0 aliphatic carbocycles. The number of hydrogen-bond acceptors (Lipinski definition) is 2. The molecule has 0 unspecified atom stereocenters. The summed E-state index contributed by atoms with van der Waals surface area (Å²) in [4.78, 5) is 11.1. The summed E-state index contributed by atoms with van der Waals surface area (Å²) >= 11 is 4.08. The average Bonchev–Trinajstić information content (AvgIpc) is 2.43. The molecule has 0 aromatic heterocycles. The minimum atomic E-state index is -0.182. The minimum Gasteiger partial charge on any atom is -0.370 e. The molecule has 1 aromatic carbocycles. The van der Waals surface area contributed by atoms with Crippen LogP contribution in [0, 0.1) is 0 Å². The Labute approximate surface area is 131 Å². The molecule has 0 saturated heterocycles. The van der Waals surface area contributed by atoms with Crippen LogP contribution in [0.4, 0.5) is 0 Å². The fourth-order valence-corrected chi connectivity index (χ4v) is 1.15. The van der Waals surface area contributed by atoms with Gasteiger partial charge in [0.2, 0.25) is 5.91 Å². The topological polar surface area (TPSA) is 43.1 Å². The first kappa shape index (κ1) is 24.1. The largest absolute Gasteiger partial charge is 0.370 e. The fourth-order valence-electron chi connectivity index (χ4n) is 0.977. The molecule has 0 radical (unpaired) electrons. The molecule has 2 nitrogen and oxygen atoms in total. The summed E-state index contributed by atoms with van der Waals surface area (Å²) in [6.45, 7) is 10.3. The molecular weight excluding hydrogens is 266 g/mol. The molecule has 0 heterocycles. The van der Waals surface area contributed by atoms with E-state index in [1.54, 1.807) is 0 Å². The van der Waals surface area contributed by atoms with Crippen LogP contribution in [0.5, 0.6) is 0 Å². The fraction of sp³-hybridized carbons (Fsp3) is 0.588. The van der Waals surface area contributed by atoms with Crippen LogP contribution in [0.15, 0.2) is 35.2 Å². The Bertz CT molecular complexity index is 276. The molecule has 2 N–H and O–H groups in total.